The second-order valence-electron chi connectivity index (χ2n) is 14.7. The Labute approximate surface area is 284 Å². The predicted octanol–water partition coefficient (Wildman–Crippen LogP) is 3.33. The van der Waals surface area contributed by atoms with E-state index in [4.69, 9.17) is 18.9 Å². The van der Waals surface area contributed by atoms with Crippen molar-refractivity contribution in [2.75, 3.05) is 13.1 Å². The van der Waals surface area contributed by atoms with Gasteiger partial charge in [0.05, 0.1) is 36.4 Å². The van der Waals surface area contributed by atoms with Crippen LogP contribution in [0, 0.1) is 11.8 Å². The van der Waals surface area contributed by atoms with Crippen molar-refractivity contribution in [3.05, 3.63) is 36.0 Å². The zero-order valence-electron chi connectivity index (χ0n) is 29.5. The van der Waals surface area contributed by atoms with Crippen LogP contribution in [0.25, 0.3) is 0 Å². The van der Waals surface area contributed by atoms with E-state index in [1.54, 1.807) is 49.1 Å². The molecule has 0 radical (unpaired) electrons. The number of ether oxygens (including phenoxy) is 4. The Kier molecular flexibility index (Phi) is 12.6. The van der Waals surface area contributed by atoms with Gasteiger partial charge in [0.1, 0.15) is 6.10 Å². The largest absolute Gasteiger partial charge is 0.457 e. The van der Waals surface area contributed by atoms with Crippen molar-refractivity contribution in [2.24, 2.45) is 11.8 Å². The molecule has 0 saturated carbocycles. The molecule has 4 aliphatic heterocycles. The number of amides is 1. The molecule has 12 nitrogen and oxygen atoms in total. The maximum atomic E-state index is 13.4. The highest BCUT2D eigenvalue weighted by molar-refractivity contribution is 5.71. The minimum absolute atomic E-state index is 0.0196. The number of carbonyl (C=O) groups is 3. The van der Waals surface area contributed by atoms with E-state index in [2.05, 4.69) is 5.32 Å². The number of fused-ring (bicyclic) bond motifs is 2. The van der Waals surface area contributed by atoms with E-state index in [-0.39, 0.29) is 49.5 Å². The smallest absolute Gasteiger partial charge is 0.410 e. The van der Waals surface area contributed by atoms with Crippen molar-refractivity contribution in [1.82, 2.24) is 10.2 Å². The van der Waals surface area contributed by atoms with E-state index in [0.29, 0.717) is 31.5 Å². The standard InChI is InChI=1S/C36H56N2O10/c1-8-28(41)23(4)33-29(46-33)18-35(6,44)14-9-10-21(2)32-22(3)11-12-30(45-24(5)39)36(7,15-13-27(40)17-31(42)47-32)48-34(43)38-20-25-16-26(38)19-37-25/h9-12,14,22-23,25-30,32-33,37,40-41,44H,8,13,15-20H2,1-7H3/b12-11+,14-9+,21-10+/t22-,23+,25?,26?,27+,28-,29+,30-,32+,33+,35-,36+/m0/s1. The summed E-state index contributed by atoms with van der Waals surface area (Å²) in [7, 11) is 0. The van der Waals surface area contributed by atoms with E-state index < -0.39 is 59.6 Å². The average molecular weight is 677 g/mol. The summed E-state index contributed by atoms with van der Waals surface area (Å²) in [6.45, 7) is 13.4. The molecule has 12 heteroatoms. The zero-order valence-corrected chi connectivity index (χ0v) is 29.5. The molecule has 0 aliphatic carbocycles. The van der Waals surface area contributed by atoms with Crippen LogP contribution in [0.4, 0.5) is 4.79 Å². The molecule has 0 aromatic rings. The first kappa shape index (κ1) is 38.0. The summed E-state index contributed by atoms with van der Waals surface area (Å²) >= 11 is 0. The van der Waals surface area contributed by atoms with E-state index in [1.807, 2.05) is 27.7 Å². The summed E-state index contributed by atoms with van der Waals surface area (Å²) in [6.07, 6.45) is 6.48. The molecule has 0 spiro atoms. The van der Waals surface area contributed by atoms with Crippen LogP contribution in [0.2, 0.25) is 0 Å². The average Bonchev–Trinajstić information content (AvgIpc) is 3.40. The van der Waals surface area contributed by atoms with Gasteiger partial charge in [0, 0.05) is 50.4 Å². The molecule has 0 aromatic heterocycles. The monoisotopic (exact) mass is 676 g/mol. The van der Waals surface area contributed by atoms with E-state index in [1.165, 1.54) is 6.92 Å². The molecular weight excluding hydrogens is 620 g/mol. The number of piperazine rings is 1. The van der Waals surface area contributed by atoms with Crippen LogP contribution >= 0.6 is 0 Å². The Bertz CT molecular complexity index is 1250. The van der Waals surface area contributed by atoms with Crippen molar-refractivity contribution < 1.29 is 48.7 Å². The normalized spacial score (nSPS) is 37.5. The van der Waals surface area contributed by atoms with Crippen molar-refractivity contribution in [3.63, 3.8) is 0 Å². The Balaban J connectivity index is 1.50. The third kappa shape index (κ3) is 9.90. The number of allylic oxidation sites excluding steroid dienone is 2. The first-order chi connectivity index (χ1) is 22.5. The molecule has 2 bridgehead atoms. The summed E-state index contributed by atoms with van der Waals surface area (Å²) in [5.41, 5.74) is -1.80. The fourth-order valence-corrected chi connectivity index (χ4v) is 7.12. The lowest BCUT2D eigenvalue weighted by Gasteiger charge is -2.38. The fourth-order valence-electron chi connectivity index (χ4n) is 7.12. The number of cyclic esters (lactones) is 1. The molecule has 3 saturated heterocycles. The quantitative estimate of drug-likeness (QED) is 0.0881. The number of hydrogen-bond donors (Lipinski definition) is 4. The lowest BCUT2D eigenvalue weighted by Crippen LogP contribution is -2.52. The minimum Gasteiger partial charge on any atom is -0.457 e. The van der Waals surface area contributed by atoms with Gasteiger partial charge in [0.25, 0.3) is 0 Å². The van der Waals surface area contributed by atoms with Gasteiger partial charge >= 0.3 is 18.0 Å². The molecule has 4 aliphatic rings. The molecule has 12 atom stereocenters. The minimum atomic E-state index is -1.32. The lowest BCUT2D eigenvalue weighted by atomic mass is 9.88. The van der Waals surface area contributed by atoms with Crippen molar-refractivity contribution in [3.8, 4) is 0 Å². The fraction of sp³-hybridized carbons (Fsp3) is 0.750. The van der Waals surface area contributed by atoms with Gasteiger partial charge in [-0.3, -0.25) is 9.59 Å². The number of likely N-dealkylation sites (tertiary alicyclic amines) is 1. The second kappa shape index (κ2) is 15.8. The third-order valence-corrected chi connectivity index (χ3v) is 10.3. The number of rotatable bonds is 10. The number of hydrogen-bond acceptors (Lipinski definition) is 11. The zero-order chi connectivity index (χ0) is 35.4. The van der Waals surface area contributed by atoms with Crippen LogP contribution in [0.3, 0.4) is 0 Å². The number of nitrogens with one attached hydrogen (secondary N) is 1. The van der Waals surface area contributed by atoms with Gasteiger partial charge in [0.15, 0.2) is 11.7 Å². The molecular formula is C36H56N2O10. The van der Waals surface area contributed by atoms with Gasteiger partial charge in [-0.1, -0.05) is 45.1 Å². The van der Waals surface area contributed by atoms with Gasteiger partial charge in [-0.15, -0.1) is 0 Å². The summed E-state index contributed by atoms with van der Waals surface area (Å²) in [6, 6.07) is 0.267. The van der Waals surface area contributed by atoms with Crippen LogP contribution in [0.15, 0.2) is 36.0 Å². The van der Waals surface area contributed by atoms with E-state index in [9.17, 15) is 29.7 Å². The highest BCUT2D eigenvalue weighted by Gasteiger charge is 2.48. The molecule has 3 fully saturated rings. The Morgan fingerprint density at radius 1 is 1.29 bits per heavy atom. The lowest BCUT2D eigenvalue weighted by molar-refractivity contribution is -0.158. The maximum Gasteiger partial charge on any atom is 0.410 e. The maximum absolute atomic E-state index is 13.4. The molecule has 4 heterocycles. The number of aliphatic hydroxyl groups is 3. The number of epoxide rings is 1. The van der Waals surface area contributed by atoms with Crippen LogP contribution in [-0.4, -0.2) is 111 Å². The number of nitrogens with zero attached hydrogens (tertiary/aromatic N) is 1. The van der Waals surface area contributed by atoms with Crippen molar-refractivity contribution >= 4 is 18.0 Å². The van der Waals surface area contributed by atoms with Crippen molar-refractivity contribution in [1.29, 1.82) is 0 Å². The predicted molar refractivity (Wildman–Crippen MR) is 178 cm³/mol. The topological polar surface area (TPSA) is 167 Å². The van der Waals surface area contributed by atoms with E-state index in [0.717, 1.165) is 6.42 Å². The highest BCUT2D eigenvalue weighted by atomic mass is 16.6. The Morgan fingerprint density at radius 3 is 2.65 bits per heavy atom. The number of carbonyl (C=O) groups excluding carboxylic acids is 3. The summed E-state index contributed by atoms with van der Waals surface area (Å²) < 4.78 is 23.4. The second-order valence-corrected chi connectivity index (χ2v) is 14.7. The van der Waals surface area contributed by atoms with Crippen LogP contribution < -0.4 is 5.32 Å². The SMILES string of the molecule is CC[C@H](O)[C@@H](C)[C@H]1O[C@@H]1C[C@@](C)(O)/C=C/C=C(\C)[C@H]1OC(=O)C[C@H](O)CC[C@@](C)(OC(=O)N2CC3CC2CN3)[C@@H](OC(C)=O)/C=C/[C@@H]1C. The number of aliphatic hydroxyl groups excluding tert-OH is 2. The van der Waals surface area contributed by atoms with Gasteiger partial charge in [-0.2, -0.15) is 0 Å². The molecule has 4 N–H and O–H groups in total. The van der Waals surface area contributed by atoms with Crippen LogP contribution in [0.1, 0.15) is 87.0 Å². The van der Waals surface area contributed by atoms with Gasteiger partial charge in [-0.05, 0) is 58.1 Å². The molecule has 2 unspecified atom stereocenters. The van der Waals surface area contributed by atoms with Crippen LogP contribution in [0.5, 0.6) is 0 Å². The first-order valence-corrected chi connectivity index (χ1v) is 17.4. The third-order valence-electron chi connectivity index (χ3n) is 10.3. The molecule has 48 heavy (non-hydrogen) atoms. The van der Waals surface area contributed by atoms with Crippen molar-refractivity contribution in [2.45, 2.75) is 147 Å². The van der Waals surface area contributed by atoms with Gasteiger partial charge in [0.2, 0.25) is 0 Å². The van der Waals surface area contributed by atoms with Gasteiger partial charge in [-0.25, -0.2) is 4.79 Å². The van der Waals surface area contributed by atoms with E-state index >= 15 is 0 Å². The highest BCUT2D eigenvalue weighted by Crippen LogP contribution is 2.38. The first-order valence-electron chi connectivity index (χ1n) is 17.4. The van der Waals surface area contributed by atoms with Gasteiger partial charge < -0.3 is 44.5 Å². The molecule has 4 rings (SSSR count). The molecule has 1 amide bonds. The summed E-state index contributed by atoms with van der Waals surface area (Å²) in [5, 5.41) is 35.4. The summed E-state index contributed by atoms with van der Waals surface area (Å²) in [5.74, 6) is -1.55. The number of esters is 2. The molecule has 270 valence electrons. The van der Waals surface area contributed by atoms with Crippen LogP contribution in [-0.2, 0) is 28.5 Å². The Morgan fingerprint density at radius 2 is 2.02 bits per heavy atom. The summed E-state index contributed by atoms with van der Waals surface area (Å²) in [4.78, 5) is 40.4. The Hall–Kier alpha value is -2.77. The molecule has 0 aromatic carbocycles.